The van der Waals surface area contributed by atoms with Crippen LogP contribution in [0, 0.1) is 11.3 Å². The van der Waals surface area contributed by atoms with Crippen molar-refractivity contribution in [2.24, 2.45) is 0 Å². The third-order valence-electron chi connectivity index (χ3n) is 2.94. The van der Waals surface area contributed by atoms with E-state index >= 15 is 0 Å². The predicted octanol–water partition coefficient (Wildman–Crippen LogP) is 1.74. The summed E-state index contributed by atoms with van der Waals surface area (Å²) in [6.07, 6.45) is 0. The highest BCUT2D eigenvalue weighted by Crippen LogP contribution is 2.31. The van der Waals surface area contributed by atoms with Gasteiger partial charge in [-0.1, -0.05) is 11.6 Å². The van der Waals surface area contributed by atoms with Crippen molar-refractivity contribution in [1.82, 2.24) is 13.3 Å². The van der Waals surface area contributed by atoms with Crippen LogP contribution in [0.4, 0.5) is 0 Å². The van der Waals surface area contributed by atoms with Crippen molar-refractivity contribution in [3.05, 3.63) is 35.2 Å². The molecule has 1 heterocycles. The van der Waals surface area contributed by atoms with Crippen LogP contribution in [-0.2, 0) is 10.2 Å². The summed E-state index contributed by atoms with van der Waals surface area (Å²) in [6, 6.07) is 8.49. The van der Waals surface area contributed by atoms with E-state index in [1.807, 2.05) is 0 Å². The highest BCUT2D eigenvalue weighted by atomic mass is 35.5. The Morgan fingerprint density at radius 3 is 2.36 bits per heavy atom. The molecule has 0 N–H and O–H groups in total. The first-order chi connectivity index (χ1) is 10.3. The fourth-order valence-corrected chi connectivity index (χ4v) is 3.17. The summed E-state index contributed by atoms with van der Waals surface area (Å²) in [7, 11) is 0.288. The Labute approximate surface area is 133 Å². The molecule has 0 saturated heterocycles. The molecular formula is C13H13ClN4O3S. The van der Waals surface area contributed by atoms with Crippen LogP contribution in [0.1, 0.15) is 5.82 Å². The molecule has 22 heavy (non-hydrogen) atoms. The molecule has 0 aliphatic heterocycles. The van der Waals surface area contributed by atoms with Gasteiger partial charge in [0.15, 0.2) is 5.15 Å². The minimum Gasteiger partial charge on any atom is -0.497 e. The number of nitriles is 1. The quantitative estimate of drug-likeness (QED) is 0.845. The van der Waals surface area contributed by atoms with Crippen molar-refractivity contribution >= 4 is 21.8 Å². The van der Waals surface area contributed by atoms with E-state index in [9.17, 15) is 8.42 Å². The SMILES string of the molecule is COc1ccc(-c2nc(C#N)n(S(=O)(=O)N(C)C)c2Cl)cc1. The van der Waals surface area contributed by atoms with Gasteiger partial charge in [-0.15, -0.1) is 0 Å². The summed E-state index contributed by atoms with van der Waals surface area (Å²) in [4.78, 5) is 4.03. The van der Waals surface area contributed by atoms with Gasteiger partial charge in [0, 0.05) is 19.7 Å². The molecule has 0 aliphatic rings. The molecule has 0 radical (unpaired) electrons. The third-order valence-corrected chi connectivity index (χ3v) is 5.13. The minimum absolute atomic E-state index is 0.143. The molecule has 0 fully saturated rings. The molecule has 0 spiro atoms. The number of benzene rings is 1. The van der Waals surface area contributed by atoms with Crippen LogP contribution < -0.4 is 4.74 Å². The molecule has 116 valence electrons. The average Bonchev–Trinajstić information content (AvgIpc) is 2.84. The van der Waals surface area contributed by atoms with E-state index in [0.717, 1.165) is 4.31 Å². The zero-order valence-electron chi connectivity index (χ0n) is 12.1. The molecule has 0 atom stereocenters. The van der Waals surface area contributed by atoms with Crippen LogP contribution in [0.2, 0.25) is 5.15 Å². The maximum Gasteiger partial charge on any atom is 0.310 e. The van der Waals surface area contributed by atoms with Gasteiger partial charge in [-0.2, -0.15) is 22.0 Å². The number of hydrogen-bond donors (Lipinski definition) is 0. The third kappa shape index (κ3) is 2.66. The molecule has 1 aromatic carbocycles. The van der Waals surface area contributed by atoms with Crippen molar-refractivity contribution in [3.8, 4) is 23.1 Å². The summed E-state index contributed by atoms with van der Waals surface area (Å²) in [6.45, 7) is 0. The van der Waals surface area contributed by atoms with Crippen molar-refractivity contribution in [2.45, 2.75) is 0 Å². The standard InChI is InChI=1S/C13H13ClN4O3S/c1-17(2)22(19,20)18-11(8-15)16-12(13(18)14)9-4-6-10(21-3)7-5-9/h4-7H,1-3H3. The van der Waals surface area contributed by atoms with E-state index in [0.29, 0.717) is 15.3 Å². The summed E-state index contributed by atoms with van der Waals surface area (Å²) < 4.78 is 31.3. The molecule has 2 rings (SSSR count). The van der Waals surface area contributed by atoms with Crippen LogP contribution in [-0.4, -0.2) is 42.9 Å². The second-order valence-electron chi connectivity index (χ2n) is 4.47. The van der Waals surface area contributed by atoms with Gasteiger partial charge in [0.2, 0.25) is 5.82 Å². The van der Waals surface area contributed by atoms with Crippen LogP contribution in [0.15, 0.2) is 24.3 Å². The largest absolute Gasteiger partial charge is 0.497 e. The zero-order valence-corrected chi connectivity index (χ0v) is 13.7. The smallest absolute Gasteiger partial charge is 0.310 e. The van der Waals surface area contributed by atoms with E-state index in [2.05, 4.69) is 4.98 Å². The van der Waals surface area contributed by atoms with E-state index in [4.69, 9.17) is 21.6 Å². The van der Waals surface area contributed by atoms with Crippen LogP contribution in [0.3, 0.4) is 0 Å². The van der Waals surface area contributed by atoms with Gasteiger partial charge < -0.3 is 4.74 Å². The Hall–Kier alpha value is -2.08. The molecule has 2 aromatic rings. The molecule has 7 nitrogen and oxygen atoms in total. The van der Waals surface area contributed by atoms with Gasteiger partial charge in [-0.05, 0) is 24.3 Å². The average molecular weight is 341 g/mol. The predicted molar refractivity (Wildman–Crippen MR) is 81.9 cm³/mol. The van der Waals surface area contributed by atoms with E-state index < -0.39 is 10.2 Å². The Balaban J connectivity index is 2.66. The Bertz CT molecular complexity index is 835. The zero-order chi connectivity index (χ0) is 16.5. The lowest BCUT2D eigenvalue weighted by atomic mass is 10.2. The monoisotopic (exact) mass is 340 g/mol. The van der Waals surface area contributed by atoms with Gasteiger partial charge in [0.05, 0.1) is 7.11 Å². The van der Waals surface area contributed by atoms with Gasteiger partial charge in [0.25, 0.3) is 0 Å². The summed E-state index contributed by atoms with van der Waals surface area (Å²) in [5, 5.41) is 8.99. The molecule has 1 aromatic heterocycles. The van der Waals surface area contributed by atoms with Crippen LogP contribution >= 0.6 is 11.6 Å². The van der Waals surface area contributed by atoms with Gasteiger partial charge >= 0.3 is 10.2 Å². The maximum atomic E-state index is 12.3. The van der Waals surface area contributed by atoms with Crippen molar-refractivity contribution in [3.63, 3.8) is 0 Å². The van der Waals surface area contributed by atoms with E-state index in [1.165, 1.54) is 21.2 Å². The molecule has 0 amide bonds. The number of nitrogens with zero attached hydrogens (tertiary/aromatic N) is 4. The highest BCUT2D eigenvalue weighted by Gasteiger charge is 2.27. The molecule has 0 unspecified atom stereocenters. The Morgan fingerprint density at radius 1 is 1.32 bits per heavy atom. The van der Waals surface area contributed by atoms with Gasteiger partial charge in [-0.3, -0.25) is 0 Å². The second kappa shape index (κ2) is 5.96. The molecular weight excluding hydrogens is 328 g/mol. The number of methoxy groups -OCH3 is 1. The Kier molecular flexibility index (Phi) is 4.42. The minimum atomic E-state index is -3.94. The van der Waals surface area contributed by atoms with Crippen LogP contribution in [0.25, 0.3) is 11.3 Å². The Morgan fingerprint density at radius 2 is 1.91 bits per heavy atom. The summed E-state index contributed by atoms with van der Waals surface area (Å²) >= 11 is 6.16. The number of halogens is 1. The lowest BCUT2D eigenvalue weighted by Crippen LogP contribution is -2.29. The van der Waals surface area contributed by atoms with Gasteiger partial charge in [-0.25, -0.2) is 4.98 Å². The number of hydrogen-bond acceptors (Lipinski definition) is 5. The molecule has 0 aliphatic carbocycles. The first kappa shape index (κ1) is 16.3. The molecule has 0 saturated carbocycles. The van der Waals surface area contributed by atoms with Gasteiger partial charge in [0.1, 0.15) is 17.5 Å². The fourth-order valence-electron chi connectivity index (χ4n) is 1.76. The van der Waals surface area contributed by atoms with E-state index in [-0.39, 0.29) is 16.7 Å². The maximum absolute atomic E-state index is 12.3. The molecule has 0 bridgehead atoms. The number of rotatable bonds is 4. The summed E-state index contributed by atoms with van der Waals surface area (Å²) in [5.41, 5.74) is 0.793. The normalized spacial score (nSPS) is 11.5. The fraction of sp³-hybridized carbons (Fsp3) is 0.231. The van der Waals surface area contributed by atoms with Crippen molar-refractivity contribution in [2.75, 3.05) is 21.2 Å². The summed E-state index contributed by atoms with van der Waals surface area (Å²) in [5.74, 6) is 0.338. The first-order valence-corrected chi connectivity index (χ1v) is 7.86. The number of ether oxygens (including phenoxy) is 1. The topological polar surface area (TPSA) is 88.2 Å². The highest BCUT2D eigenvalue weighted by molar-refractivity contribution is 7.87. The lowest BCUT2D eigenvalue weighted by molar-refractivity contribution is 0.415. The number of aromatic nitrogens is 2. The van der Waals surface area contributed by atoms with E-state index in [1.54, 1.807) is 30.3 Å². The lowest BCUT2D eigenvalue weighted by Gasteiger charge is -2.13. The number of imidazole rings is 1. The second-order valence-corrected chi connectivity index (χ2v) is 6.82. The molecule has 9 heteroatoms. The van der Waals surface area contributed by atoms with Crippen molar-refractivity contribution < 1.29 is 13.2 Å². The van der Waals surface area contributed by atoms with Crippen LogP contribution in [0.5, 0.6) is 5.75 Å². The van der Waals surface area contributed by atoms with Crippen molar-refractivity contribution in [1.29, 1.82) is 5.26 Å². The first-order valence-electron chi connectivity index (χ1n) is 6.08.